The van der Waals surface area contributed by atoms with Crippen LogP contribution in [0.1, 0.15) is 53.0 Å². The molecule has 1 aromatic heterocycles. The topological polar surface area (TPSA) is 181 Å². The monoisotopic (exact) mass is 686 g/mol. The summed E-state index contributed by atoms with van der Waals surface area (Å²) in [5.74, 6) is 0.170. The van der Waals surface area contributed by atoms with Crippen LogP contribution in [0, 0.1) is 0 Å². The van der Waals surface area contributed by atoms with E-state index < -0.39 is 17.7 Å². The van der Waals surface area contributed by atoms with Gasteiger partial charge >= 0.3 is 0 Å². The van der Waals surface area contributed by atoms with Gasteiger partial charge in [0.1, 0.15) is 0 Å². The summed E-state index contributed by atoms with van der Waals surface area (Å²) in [5.41, 5.74) is 3.09. The first-order valence-corrected chi connectivity index (χ1v) is 17.4. The SMILES string of the molecule is CCN(CC)CCCNc1nc(NCCCN(CC)CC)nc(Nc2ccc(N=NC(C(C)=O)C(=O)Nc3ccc4c(c3)NC(=O)C4)cc2)n1. The van der Waals surface area contributed by atoms with Crippen LogP contribution in [-0.2, 0) is 20.8 Å². The van der Waals surface area contributed by atoms with Gasteiger partial charge < -0.3 is 36.4 Å². The molecule has 4 rings (SSSR count). The van der Waals surface area contributed by atoms with E-state index in [1.807, 2.05) is 0 Å². The minimum Gasteiger partial charge on any atom is -0.354 e. The highest BCUT2D eigenvalue weighted by Gasteiger charge is 2.24. The third-order valence-corrected chi connectivity index (χ3v) is 8.34. The van der Waals surface area contributed by atoms with E-state index >= 15 is 0 Å². The number of ketones is 1. The van der Waals surface area contributed by atoms with Gasteiger partial charge in [0.15, 0.2) is 5.78 Å². The lowest BCUT2D eigenvalue weighted by Gasteiger charge is -2.18. The minimum absolute atomic E-state index is 0.106. The summed E-state index contributed by atoms with van der Waals surface area (Å²) in [6.45, 7) is 17.4. The van der Waals surface area contributed by atoms with Gasteiger partial charge in [0, 0.05) is 30.2 Å². The number of hydrogen-bond donors (Lipinski definition) is 5. The number of fused-ring (bicyclic) bond motifs is 1. The molecule has 3 aromatic rings. The van der Waals surface area contributed by atoms with E-state index in [4.69, 9.17) is 0 Å². The molecule has 0 bridgehead atoms. The molecule has 1 unspecified atom stereocenters. The van der Waals surface area contributed by atoms with Crippen molar-refractivity contribution in [3.05, 3.63) is 48.0 Å². The zero-order valence-corrected chi connectivity index (χ0v) is 29.8. The van der Waals surface area contributed by atoms with Gasteiger partial charge in [0.05, 0.1) is 12.1 Å². The van der Waals surface area contributed by atoms with Crippen molar-refractivity contribution in [3.63, 3.8) is 0 Å². The molecule has 0 aliphatic carbocycles. The Morgan fingerprint density at radius 2 is 1.38 bits per heavy atom. The Morgan fingerprint density at radius 1 is 0.820 bits per heavy atom. The summed E-state index contributed by atoms with van der Waals surface area (Å²) in [6, 6.07) is 10.8. The Kier molecular flexibility index (Phi) is 14.5. The number of aromatic nitrogens is 3. The molecule has 1 aliphatic heterocycles. The number of nitrogens with one attached hydrogen (secondary N) is 5. The number of amides is 2. The number of carbonyl (C=O) groups excluding carboxylic acids is 3. The van der Waals surface area contributed by atoms with Crippen LogP contribution < -0.4 is 26.6 Å². The zero-order valence-electron chi connectivity index (χ0n) is 29.8. The Bertz CT molecular complexity index is 1570. The van der Waals surface area contributed by atoms with Crippen molar-refractivity contribution in [2.24, 2.45) is 10.2 Å². The third-order valence-electron chi connectivity index (χ3n) is 8.34. The molecule has 15 heteroatoms. The molecule has 0 saturated carbocycles. The summed E-state index contributed by atoms with van der Waals surface area (Å²) in [5, 5.41) is 23.6. The van der Waals surface area contributed by atoms with Gasteiger partial charge in [0.25, 0.3) is 5.91 Å². The molecule has 268 valence electrons. The van der Waals surface area contributed by atoms with E-state index in [-0.39, 0.29) is 5.91 Å². The summed E-state index contributed by atoms with van der Waals surface area (Å²) in [4.78, 5) is 55.4. The van der Waals surface area contributed by atoms with Crippen molar-refractivity contribution < 1.29 is 14.4 Å². The van der Waals surface area contributed by atoms with Crippen molar-refractivity contribution in [2.75, 3.05) is 78.9 Å². The summed E-state index contributed by atoms with van der Waals surface area (Å²) in [6.07, 6.45) is 2.21. The van der Waals surface area contributed by atoms with E-state index in [2.05, 4.69) is 89.3 Å². The number of nitrogens with zero attached hydrogens (tertiary/aromatic N) is 7. The van der Waals surface area contributed by atoms with Gasteiger partial charge in [-0.05, 0) is 101 Å². The van der Waals surface area contributed by atoms with Crippen molar-refractivity contribution in [1.82, 2.24) is 24.8 Å². The lowest BCUT2D eigenvalue weighted by molar-refractivity contribution is -0.126. The van der Waals surface area contributed by atoms with E-state index in [0.29, 0.717) is 47.0 Å². The third kappa shape index (κ3) is 11.6. The first kappa shape index (κ1) is 37.8. The lowest BCUT2D eigenvalue weighted by atomic mass is 10.1. The molecule has 0 fully saturated rings. The minimum atomic E-state index is -1.34. The fourth-order valence-electron chi connectivity index (χ4n) is 5.36. The molecular formula is C35H50N12O3. The van der Waals surface area contributed by atoms with Crippen LogP contribution in [0.5, 0.6) is 0 Å². The van der Waals surface area contributed by atoms with E-state index in [1.54, 1.807) is 42.5 Å². The van der Waals surface area contributed by atoms with E-state index in [0.717, 1.165) is 70.8 Å². The summed E-state index contributed by atoms with van der Waals surface area (Å²) in [7, 11) is 0. The number of hydrogen-bond acceptors (Lipinski definition) is 13. The molecule has 0 spiro atoms. The molecule has 2 amide bonds. The highest BCUT2D eigenvalue weighted by molar-refractivity contribution is 6.10. The quantitative estimate of drug-likeness (QED) is 0.0573. The standard InChI is InChI=1S/C35H50N12O3/c1-6-46(7-2)20-10-18-36-33-41-34(37-19-11-21-47(8-3)9-4)43-35(42-33)39-26-14-16-27(17-15-26)44-45-31(24(5)48)32(50)38-28-13-12-25-22-30(49)40-29(25)23-28/h12-17,23,31H,6-11,18-22H2,1-5H3,(H,38,50)(H,40,49)(H3,36,37,39,41,42,43). The molecule has 2 aromatic carbocycles. The molecule has 0 radical (unpaired) electrons. The van der Waals surface area contributed by atoms with Gasteiger partial charge in [-0.25, -0.2) is 0 Å². The van der Waals surface area contributed by atoms with Crippen LogP contribution in [0.2, 0.25) is 0 Å². The van der Waals surface area contributed by atoms with Crippen LogP contribution in [0.25, 0.3) is 0 Å². The Balaban J connectivity index is 1.39. The van der Waals surface area contributed by atoms with Crippen molar-refractivity contribution in [2.45, 2.75) is 59.9 Å². The average molecular weight is 687 g/mol. The predicted octanol–water partition coefficient (Wildman–Crippen LogP) is 5.08. The normalized spacial score (nSPS) is 13.0. The van der Waals surface area contributed by atoms with Crippen LogP contribution >= 0.6 is 0 Å². The van der Waals surface area contributed by atoms with Crippen molar-refractivity contribution in [1.29, 1.82) is 0 Å². The predicted molar refractivity (Wildman–Crippen MR) is 198 cm³/mol. The number of benzene rings is 2. The van der Waals surface area contributed by atoms with Crippen LogP contribution in [-0.4, -0.2) is 101 Å². The lowest BCUT2D eigenvalue weighted by Crippen LogP contribution is -2.31. The fraction of sp³-hybridized carbons (Fsp3) is 0.486. The van der Waals surface area contributed by atoms with Gasteiger partial charge in [-0.3, -0.25) is 14.4 Å². The first-order chi connectivity index (χ1) is 24.2. The zero-order chi connectivity index (χ0) is 35.9. The molecule has 0 saturated heterocycles. The van der Waals surface area contributed by atoms with E-state index in [9.17, 15) is 14.4 Å². The first-order valence-electron chi connectivity index (χ1n) is 17.4. The Hall–Kier alpha value is -5.02. The van der Waals surface area contributed by atoms with Crippen molar-refractivity contribution in [3.8, 4) is 0 Å². The van der Waals surface area contributed by atoms with E-state index in [1.165, 1.54) is 6.92 Å². The highest BCUT2D eigenvalue weighted by atomic mass is 16.2. The maximum absolute atomic E-state index is 12.9. The second kappa shape index (κ2) is 19.2. The van der Waals surface area contributed by atoms with Gasteiger partial charge in [0.2, 0.25) is 29.8 Å². The highest BCUT2D eigenvalue weighted by Crippen LogP contribution is 2.27. The molecule has 2 heterocycles. The molecule has 5 N–H and O–H groups in total. The maximum atomic E-state index is 12.9. The van der Waals surface area contributed by atoms with Gasteiger partial charge in [-0.15, -0.1) is 0 Å². The van der Waals surface area contributed by atoms with Crippen LogP contribution in [0.15, 0.2) is 52.7 Å². The molecule has 15 nitrogen and oxygen atoms in total. The number of carbonyl (C=O) groups is 3. The number of azo groups is 1. The number of rotatable bonds is 21. The molecule has 1 aliphatic rings. The summed E-state index contributed by atoms with van der Waals surface area (Å²) >= 11 is 0. The van der Waals surface area contributed by atoms with Crippen molar-refractivity contribution >= 4 is 58.2 Å². The second-order valence-electron chi connectivity index (χ2n) is 11.9. The van der Waals surface area contributed by atoms with Crippen LogP contribution in [0.3, 0.4) is 0 Å². The number of Topliss-reactive ketones (excluding diaryl/α,β-unsaturated/α-hetero) is 1. The van der Waals surface area contributed by atoms with Gasteiger partial charge in [-0.1, -0.05) is 33.8 Å². The molecule has 1 atom stereocenters. The molecular weight excluding hydrogens is 636 g/mol. The molecule has 50 heavy (non-hydrogen) atoms. The smallest absolute Gasteiger partial charge is 0.258 e. The number of anilines is 6. The Labute approximate surface area is 294 Å². The summed E-state index contributed by atoms with van der Waals surface area (Å²) < 4.78 is 0. The maximum Gasteiger partial charge on any atom is 0.258 e. The second-order valence-corrected chi connectivity index (χ2v) is 11.9. The largest absolute Gasteiger partial charge is 0.354 e. The average Bonchev–Trinajstić information content (AvgIpc) is 3.48. The fourth-order valence-corrected chi connectivity index (χ4v) is 5.36. The van der Waals surface area contributed by atoms with Gasteiger partial charge in [-0.2, -0.15) is 25.2 Å². The van der Waals surface area contributed by atoms with Crippen LogP contribution in [0.4, 0.5) is 40.6 Å². The Morgan fingerprint density at radius 3 is 1.94 bits per heavy atom.